The largest absolute Gasteiger partial charge is 0.147 e. The van der Waals surface area contributed by atoms with Crippen LogP contribution in [-0.2, 0) is 0 Å². The van der Waals surface area contributed by atoms with Gasteiger partial charge in [-0.1, -0.05) is 66.2 Å². The Morgan fingerprint density at radius 2 is 1.33 bits per heavy atom. The standard InChI is InChI=1S/C17H14.ClH/c1-13-5-4-8-15(11-13)17-10-9-14-6-2-3-7-16(14)12-17;/h2-12H,1H3;1H. The number of fused-ring (bicyclic) bond motifs is 1. The van der Waals surface area contributed by atoms with E-state index in [9.17, 15) is 0 Å². The quantitative estimate of drug-likeness (QED) is 0.557. The topological polar surface area (TPSA) is 0 Å². The van der Waals surface area contributed by atoms with Gasteiger partial charge in [0.2, 0.25) is 0 Å². The van der Waals surface area contributed by atoms with Crippen molar-refractivity contribution in [3.8, 4) is 11.1 Å². The molecule has 0 atom stereocenters. The summed E-state index contributed by atoms with van der Waals surface area (Å²) >= 11 is 0. The lowest BCUT2D eigenvalue weighted by Crippen LogP contribution is -1.80. The molecule has 0 amide bonds. The van der Waals surface area contributed by atoms with Crippen LogP contribution in [0.15, 0.2) is 66.7 Å². The molecular formula is C17H15Cl. The molecule has 0 aliphatic heterocycles. The predicted molar refractivity (Wildman–Crippen MR) is 81.4 cm³/mol. The van der Waals surface area contributed by atoms with E-state index in [0.29, 0.717) is 0 Å². The first kappa shape index (κ1) is 12.7. The highest BCUT2D eigenvalue weighted by Crippen LogP contribution is 2.24. The van der Waals surface area contributed by atoms with Gasteiger partial charge in [0, 0.05) is 0 Å². The van der Waals surface area contributed by atoms with Crippen molar-refractivity contribution in [3.63, 3.8) is 0 Å². The molecule has 0 radical (unpaired) electrons. The highest BCUT2D eigenvalue weighted by Gasteiger charge is 1.99. The van der Waals surface area contributed by atoms with Crippen molar-refractivity contribution in [2.45, 2.75) is 6.92 Å². The smallest absolute Gasteiger partial charge is 0.0178 e. The molecule has 0 saturated carbocycles. The average molecular weight is 255 g/mol. The molecule has 0 spiro atoms. The second kappa shape index (κ2) is 5.24. The molecule has 3 aromatic carbocycles. The first-order valence-corrected chi connectivity index (χ1v) is 5.89. The molecule has 0 unspecified atom stereocenters. The fourth-order valence-electron chi connectivity index (χ4n) is 2.19. The monoisotopic (exact) mass is 254 g/mol. The Kier molecular flexibility index (Phi) is 3.69. The normalized spacial score (nSPS) is 10.1. The van der Waals surface area contributed by atoms with Crippen molar-refractivity contribution < 1.29 is 0 Å². The van der Waals surface area contributed by atoms with E-state index < -0.39 is 0 Å². The van der Waals surface area contributed by atoms with E-state index in [1.807, 2.05) is 0 Å². The molecule has 0 N–H and O–H groups in total. The van der Waals surface area contributed by atoms with E-state index in [1.165, 1.54) is 27.5 Å². The second-order valence-electron chi connectivity index (χ2n) is 4.43. The van der Waals surface area contributed by atoms with E-state index in [0.717, 1.165) is 0 Å². The summed E-state index contributed by atoms with van der Waals surface area (Å²) in [7, 11) is 0. The van der Waals surface area contributed by atoms with E-state index in [1.54, 1.807) is 0 Å². The van der Waals surface area contributed by atoms with Gasteiger partial charge in [0.15, 0.2) is 0 Å². The number of halogens is 1. The fourth-order valence-corrected chi connectivity index (χ4v) is 2.19. The summed E-state index contributed by atoms with van der Waals surface area (Å²) in [6.07, 6.45) is 0. The zero-order chi connectivity index (χ0) is 11.7. The lowest BCUT2D eigenvalue weighted by Gasteiger charge is -2.05. The third-order valence-corrected chi connectivity index (χ3v) is 3.10. The molecule has 0 bridgehead atoms. The van der Waals surface area contributed by atoms with Crippen molar-refractivity contribution in [3.05, 3.63) is 72.3 Å². The Bertz CT molecular complexity index is 671. The van der Waals surface area contributed by atoms with Crippen LogP contribution in [0, 0.1) is 6.92 Å². The van der Waals surface area contributed by atoms with Gasteiger partial charge in [0.05, 0.1) is 0 Å². The molecule has 0 saturated heterocycles. The van der Waals surface area contributed by atoms with Crippen molar-refractivity contribution >= 4 is 23.2 Å². The van der Waals surface area contributed by atoms with Gasteiger partial charge in [-0.15, -0.1) is 12.4 Å². The van der Waals surface area contributed by atoms with E-state index >= 15 is 0 Å². The summed E-state index contributed by atoms with van der Waals surface area (Å²) in [6.45, 7) is 2.13. The highest BCUT2D eigenvalue weighted by atomic mass is 35.5. The van der Waals surface area contributed by atoms with Crippen LogP contribution in [0.2, 0.25) is 0 Å². The minimum absolute atomic E-state index is 0. The van der Waals surface area contributed by atoms with Crippen LogP contribution in [0.25, 0.3) is 21.9 Å². The molecule has 0 aromatic heterocycles. The molecule has 0 nitrogen and oxygen atoms in total. The van der Waals surface area contributed by atoms with Crippen LogP contribution in [-0.4, -0.2) is 0 Å². The summed E-state index contributed by atoms with van der Waals surface area (Å²) < 4.78 is 0. The summed E-state index contributed by atoms with van der Waals surface area (Å²) in [5.74, 6) is 0. The Morgan fingerprint density at radius 3 is 2.11 bits per heavy atom. The first-order valence-electron chi connectivity index (χ1n) is 5.89. The predicted octanol–water partition coefficient (Wildman–Crippen LogP) is 5.24. The maximum atomic E-state index is 2.25. The van der Waals surface area contributed by atoms with E-state index in [-0.39, 0.29) is 12.4 Å². The van der Waals surface area contributed by atoms with Gasteiger partial charge in [-0.2, -0.15) is 0 Å². The van der Waals surface area contributed by atoms with Crippen LogP contribution in [0.4, 0.5) is 0 Å². The molecule has 1 heteroatoms. The molecule has 3 aromatic rings. The average Bonchev–Trinajstić information content (AvgIpc) is 2.38. The molecule has 0 fully saturated rings. The van der Waals surface area contributed by atoms with Gasteiger partial charge < -0.3 is 0 Å². The maximum Gasteiger partial charge on any atom is -0.0178 e. The number of rotatable bonds is 1. The minimum Gasteiger partial charge on any atom is -0.147 e. The van der Waals surface area contributed by atoms with Gasteiger partial charge >= 0.3 is 0 Å². The SMILES string of the molecule is Cc1cccc(-c2ccc3ccccc3c2)c1.Cl. The van der Waals surface area contributed by atoms with Crippen molar-refractivity contribution in [1.82, 2.24) is 0 Å². The van der Waals surface area contributed by atoms with E-state index in [4.69, 9.17) is 0 Å². The van der Waals surface area contributed by atoms with Crippen molar-refractivity contribution in [2.24, 2.45) is 0 Å². The van der Waals surface area contributed by atoms with Crippen LogP contribution < -0.4 is 0 Å². The summed E-state index contributed by atoms with van der Waals surface area (Å²) in [4.78, 5) is 0. The summed E-state index contributed by atoms with van der Waals surface area (Å²) in [5, 5.41) is 2.59. The zero-order valence-corrected chi connectivity index (χ0v) is 11.1. The highest BCUT2D eigenvalue weighted by molar-refractivity contribution is 5.87. The summed E-state index contributed by atoms with van der Waals surface area (Å²) in [6, 6.07) is 23.7. The van der Waals surface area contributed by atoms with Gasteiger partial charge in [-0.25, -0.2) is 0 Å². The van der Waals surface area contributed by atoms with Crippen LogP contribution in [0.3, 0.4) is 0 Å². The molecule has 0 heterocycles. The van der Waals surface area contributed by atoms with Gasteiger partial charge in [-0.05, 0) is 34.9 Å². The first-order chi connectivity index (χ1) is 8.33. The molecular weight excluding hydrogens is 240 g/mol. The zero-order valence-electron chi connectivity index (χ0n) is 10.3. The number of aryl methyl sites for hydroxylation is 1. The fraction of sp³-hybridized carbons (Fsp3) is 0.0588. The third-order valence-electron chi connectivity index (χ3n) is 3.10. The van der Waals surface area contributed by atoms with E-state index in [2.05, 4.69) is 73.7 Å². The lowest BCUT2D eigenvalue weighted by atomic mass is 10.0. The molecule has 90 valence electrons. The number of hydrogen-bond donors (Lipinski definition) is 0. The number of hydrogen-bond acceptors (Lipinski definition) is 0. The van der Waals surface area contributed by atoms with Crippen molar-refractivity contribution in [1.29, 1.82) is 0 Å². The Hall–Kier alpha value is -1.79. The lowest BCUT2D eigenvalue weighted by molar-refractivity contribution is 1.47. The molecule has 0 aliphatic carbocycles. The molecule has 18 heavy (non-hydrogen) atoms. The van der Waals surface area contributed by atoms with Gasteiger partial charge in [-0.3, -0.25) is 0 Å². The van der Waals surface area contributed by atoms with Crippen LogP contribution in [0.1, 0.15) is 5.56 Å². The summed E-state index contributed by atoms with van der Waals surface area (Å²) in [5.41, 5.74) is 3.87. The molecule has 3 rings (SSSR count). The van der Waals surface area contributed by atoms with Crippen LogP contribution in [0.5, 0.6) is 0 Å². The third kappa shape index (κ3) is 2.39. The van der Waals surface area contributed by atoms with Gasteiger partial charge in [0.25, 0.3) is 0 Å². The molecule has 0 aliphatic rings. The maximum absolute atomic E-state index is 2.25. The Labute approximate surface area is 114 Å². The van der Waals surface area contributed by atoms with Crippen molar-refractivity contribution in [2.75, 3.05) is 0 Å². The number of benzene rings is 3. The van der Waals surface area contributed by atoms with Gasteiger partial charge in [0.1, 0.15) is 0 Å². The Balaban J connectivity index is 0.00000120. The van der Waals surface area contributed by atoms with Crippen LogP contribution >= 0.6 is 12.4 Å². The minimum atomic E-state index is 0. The Morgan fingerprint density at radius 1 is 0.611 bits per heavy atom. The second-order valence-corrected chi connectivity index (χ2v) is 4.43.